The van der Waals surface area contributed by atoms with E-state index in [0.29, 0.717) is 30.1 Å². The Hall–Kier alpha value is -2.53. The Kier molecular flexibility index (Phi) is 10.4. The zero-order valence-electron chi connectivity index (χ0n) is 21.3. The summed E-state index contributed by atoms with van der Waals surface area (Å²) in [6, 6.07) is 5.42. The first kappa shape index (κ1) is 27.7. The van der Waals surface area contributed by atoms with Crippen LogP contribution in [-0.2, 0) is 18.8 Å². The van der Waals surface area contributed by atoms with Crippen molar-refractivity contribution < 1.29 is 23.6 Å². The van der Waals surface area contributed by atoms with E-state index in [1.54, 1.807) is 12.1 Å². The summed E-state index contributed by atoms with van der Waals surface area (Å²) in [6.07, 6.45) is 9.19. The van der Waals surface area contributed by atoms with Crippen LogP contribution in [0.5, 0.6) is 0 Å². The fourth-order valence-electron chi connectivity index (χ4n) is 3.46. The highest BCUT2D eigenvalue weighted by molar-refractivity contribution is 6.62. The lowest BCUT2D eigenvalue weighted by molar-refractivity contribution is 0.00578. The summed E-state index contributed by atoms with van der Waals surface area (Å²) in [7, 11) is -0.622. The van der Waals surface area contributed by atoms with E-state index in [-0.39, 0.29) is 0 Å². The van der Waals surface area contributed by atoms with Gasteiger partial charge in [-0.05, 0) is 83.8 Å². The third kappa shape index (κ3) is 7.49. The highest BCUT2D eigenvalue weighted by Crippen LogP contribution is 2.36. The Morgan fingerprint density at radius 2 is 1.44 bits per heavy atom. The van der Waals surface area contributed by atoms with E-state index in [2.05, 4.69) is 25.5 Å². The van der Waals surface area contributed by atoms with E-state index in [9.17, 15) is 4.79 Å². The number of unbranched alkanes of at least 4 members (excludes halogenated alkanes) is 4. The number of hydrogen-bond donors (Lipinski definition) is 0. The van der Waals surface area contributed by atoms with Crippen LogP contribution in [0.4, 0.5) is 0 Å². The third-order valence-corrected chi connectivity index (χ3v) is 6.22. The van der Waals surface area contributed by atoms with Crippen LogP contribution in [0, 0.1) is 0 Å². The van der Waals surface area contributed by atoms with Crippen LogP contribution in [0.25, 0.3) is 5.76 Å². The molecule has 0 radical (unpaired) electrons. The molecule has 0 saturated carbocycles. The van der Waals surface area contributed by atoms with Crippen molar-refractivity contribution in [3.8, 4) is 0 Å². The molecule has 0 amide bonds. The molecule has 1 heterocycles. The Morgan fingerprint density at radius 1 is 0.912 bits per heavy atom. The molecular formula is C28H39BO5. The monoisotopic (exact) mass is 466 g/mol. The molecule has 0 bridgehead atoms. The summed E-state index contributed by atoms with van der Waals surface area (Å²) < 4.78 is 23.9. The van der Waals surface area contributed by atoms with E-state index in [0.717, 1.165) is 44.0 Å². The SMILES string of the molecule is C=C=C(OCCCCC=C)c1cc(B2OC(C)(C)C(C)(C)O2)cc(C(=O)OCCCCC=C)c1. The fourth-order valence-corrected chi connectivity index (χ4v) is 3.46. The maximum absolute atomic E-state index is 12.9. The number of esters is 1. The number of benzene rings is 1. The minimum atomic E-state index is -0.622. The molecule has 0 aromatic heterocycles. The topological polar surface area (TPSA) is 54.0 Å². The molecule has 1 aliphatic heterocycles. The second kappa shape index (κ2) is 12.8. The average molecular weight is 466 g/mol. The van der Waals surface area contributed by atoms with Gasteiger partial charge in [0.15, 0.2) is 5.76 Å². The van der Waals surface area contributed by atoms with Gasteiger partial charge < -0.3 is 18.8 Å². The minimum Gasteiger partial charge on any atom is -0.485 e. The zero-order chi connectivity index (χ0) is 25.2. The number of allylic oxidation sites excluding steroid dienone is 2. The molecule has 6 heteroatoms. The second-order valence-corrected chi connectivity index (χ2v) is 9.49. The molecular weight excluding hydrogens is 427 g/mol. The maximum atomic E-state index is 12.9. The molecule has 0 unspecified atom stereocenters. The molecule has 184 valence electrons. The van der Waals surface area contributed by atoms with Gasteiger partial charge in [-0.1, -0.05) is 30.5 Å². The molecule has 1 aromatic carbocycles. The van der Waals surface area contributed by atoms with Crippen molar-refractivity contribution in [2.24, 2.45) is 0 Å². The van der Waals surface area contributed by atoms with Gasteiger partial charge in [0.25, 0.3) is 0 Å². The highest BCUT2D eigenvalue weighted by atomic mass is 16.7. The van der Waals surface area contributed by atoms with Crippen LogP contribution >= 0.6 is 0 Å². The molecule has 0 aliphatic carbocycles. The summed E-state index contributed by atoms with van der Waals surface area (Å²) in [5.74, 6) is 0.0876. The fraction of sp³-hybridized carbons (Fsp3) is 0.500. The van der Waals surface area contributed by atoms with Crippen LogP contribution in [0.15, 0.2) is 55.8 Å². The maximum Gasteiger partial charge on any atom is 0.494 e. The normalized spacial score (nSPS) is 15.9. The van der Waals surface area contributed by atoms with Crippen molar-refractivity contribution in [2.75, 3.05) is 13.2 Å². The van der Waals surface area contributed by atoms with Crippen LogP contribution in [-0.4, -0.2) is 37.5 Å². The molecule has 5 nitrogen and oxygen atoms in total. The van der Waals surface area contributed by atoms with Crippen molar-refractivity contribution in [3.05, 3.63) is 66.9 Å². The van der Waals surface area contributed by atoms with Crippen LogP contribution in [0.2, 0.25) is 0 Å². The van der Waals surface area contributed by atoms with Crippen molar-refractivity contribution in [1.82, 2.24) is 0 Å². The first-order valence-electron chi connectivity index (χ1n) is 12.1. The second-order valence-electron chi connectivity index (χ2n) is 9.49. The molecule has 1 aliphatic rings. The van der Waals surface area contributed by atoms with E-state index in [1.807, 2.05) is 45.9 Å². The number of carbonyl (C=O) groups is 1. The molecule has 1 saturated heterocycles. The van der Waals surface area contributed by atoms with E-state index in [1.165, 1.54) is 0 Å². The summed E-state index contributed by atoms with van der Waals surface area (Å²) in [6.45, 7) is 20.1. The van der Waals surface area contributed by atoms with Crippen molar-refractivity contribution in [3.63, 3.8) is 0 Å². The largest absolute Gasteiger partial charge is 0.494 e. The molecule has 0 spiro atoms. The van der Waals surface area contributed by atoms with E-state index in [4.69, 9.17) is 18.8 Å². The van der Waals surface area contributed by atoms with Gasteiger partial charge in [0, 0.05) is 5.56 Å². The molecule has 0 N–H and O–H groups in total. The van der Waals surface area contributed by atoms with Crippen LogP contribution in [0.1, 0.15) is 82.1 Å². The van der Waals surface area contributed by atoms with Gasteiger partial charge in [0.1, 0.15) is 0 Å². The van der Waals surface area contributed by atoms with Crippen LogP contribution in [0.3, 0.4) is 0 Å². The molecule has 1 aromatic rings. The third-order valence-electron chi connectivity index (χ3n) is 6.22. The van der Waals surface area contributed by atoms with Gasteiger partial charge in [0.05, 0.1) is 30.0 Å². The number of carbonyl (C=O) groups excluding carboxylic acids is 1. The molecule has 0 atom stereocenters. The Balaban J connectivity index is 2.28. The summed E-state index contributed by atoms with van der Waals surface area (Å²) >= 11 is 0. The van der Waals surface area contributed by atoms with E-state index < -0.39 is 24.3 Å². The van der Waals surface area contributed by atoms with Crippen LogP contribution < -0.4 is 5.46 Å². The summed E-state index contributed by atoms with van der Waals surface area (Å²) in [5, 5.41) is 0. The predicted molar refractivity (Wildman–Crippen MR) is 139 cm³/mol. The molecule has 1 fully saturated rings. The lowest BCUT2D eigenvalue weighted by Gasteiger charge is -2.32. The van der Waals surface area contributed by atoms with Gasteiger partial charge in [-0.25, -0.2) is 4.79 Å². The lowest BCUT2D eigenvalue weighted by Crippen LogP contribution is -2.41. The zero-order valence-corrected chi connectivity index (χ0v) is 21.3. The van der Waals surface area contributed by atoms with E-state index >= 15 is 0 Å². The average Bonchev–Trinajstić information content (AvgIpc) is 3.02. The van der Waals surface area contributed by atoms with Gasteiger partial charge in [-0.3, -0.25) is 0 Å². The Bertz CT molecular complexity index is 895. The molecule has 34 heavy (non-hydrogen) atoms. The van der Waals surface area contributed by atoms with Gasteiger partial charge >= 0.3 is 13.1 Å². The standard InChI is InChI=1S/C28H39BO5/c1-8-11-13-15-17-31-25(10-3)22-19-23(26(30)32-18-16-14-12-9-2)21-24(20-22)29-33-27(4,5)28(6,7)34-29/h8-9,19-21H,1-3,11-18H2,4-7H3. The number of rotatable bonds is 14. The Labute approximate surface area is 205 Å². The quantitative estimate of drug-likeness (QED) is 0.0841. The predicted octanol–water partition coefficient (Wildman–Crippen LogP) is 6.00. The highest BCUT2D eigenvalue weighted by Gasteiger charge is 2.51. The van der Waals surface area contributed by atoms with Gasteiger partial charge in [-0.2, -0.15) is 0 Å². The smallest absolute Gasteiger partial charge is 0.485 e. The minimum absolute atomic E-state index is 0.354. The first-order valence-corrected chi connectivity index (χ1v) is 12.1. The van der Waals surface area contributed by atoms with Crippen molar-refractivity contribution in [2.45, 2.75) is 77.4 Å². The first-order chi connectivity index (χ1) is 16.1. The van der Waals surface area contributed by atoms with Gasteiger partial charge in [0.2, 0.25) is 0 Å². The van der Waals surface area contributed by atoms with Crippen molar-refractivity contribution >= 4 is 24.3 Å². The molecule has 2 rings (SSSR count). The number of ether oxygens (including phenoxy) is 2. The number of hydrogen-bond acceptors (Lipinski definition) is 5. The summed E-state index contributed by atoms with van der Waals surface area (Å²) in [4.78, 5) is 12.9. The summed E-state index contributed by atoms with van der Waals surface area (Å²) in [5.41, 5.74) is 3.69. The van der Waals surface area contributed by atoms with Gasteiger partial charge in [-0.15, -0.1) is 13.2 Å². The Morgan fingerprint density at radius 3 is 1.97 bits per heavy atom. The van der Waals surface area contributed by atoms with Crippen molar-refractivity contribution in [1.29, 1.82) is 0 Å². The lowest BCUT2D eigenvalue weighted by atomic mass is 9.77.